The number of hydrogen-bond acceptors (Lipinski definition) is 2. The Hall–Kier alpha value is -1.09. The monoisotopic (exact) mass is 278 g/mol. The van der Waals surface area contributed by atoms with Crippen LogP contribution >= 0.6 is 15.9 Å². The highest BCUT2D eigenvalue weighted by Gasteiger charge is 2.04. The maximum absolute atomic E-state index is 4.64. The lowest BCUT2D eigenvalue weighted by Gasteiger charge is -2.10. The molecule has 2 aromatic rings. The van der Waals surface area contributed by atoms with E-state index in [0.29, 0.717) is 0 Å². The molecule has 0 unspecified atom stereocenters. The van der Waals surface area contributed by atoms with Crippen LogP contribution in [0.5, 0.6) is 0 Å². The Bertz CT molecular complexity index is 509. The number of fused-ring (bicyclic) bond motifs is 1. The van der Waals surface area contributed by atoms with E-state index in [0.717, 1.165) is 28.8 Å². The van der Waals surface area contributed by atoms with Crippen LogP contribution in [0.1, 0.15) is 19.4 Å². The van der Waals surface area contributed by atoms with Gasteiger partial charge in [0.1, 0.15) is 5.82 Å². The van der Waals surface area contributed by atoms with Crippen LogP contribution in [0.4, 0.5) is 5.82 Å². The molecule has 3 heteroatoms. The van der Waals surface area contributed by atoms with Gasteiger partial charge in [0.05, 0.1) is 5.52 Å². The van der Waals surface area contributed by atoms with Crippen LogP contribution in [0.3, 0.4) is 0 Å². The van der Waals surface area contributed by atoms with Gasteiger partial charge in [0.25, 0.3) is 0 Å². The van der Waals surface area contributed by atoms with Crippen molar-refractivity contribution >= 4 is 32.7 Å². The van der Waals surface area contributed by atoms with Crippen molar-refractivity contribution in [2.45, 2.75) is 20.3 Å². The molecule has 0 saturated carbocycles. The van der Waals surface area contributed by atoms with Gasteiger partial charge in [-0.15, -0.1) is 0 Å². The molecule has 2 nitrogen and oxygen atoms in total. The number of aryl methyl sites for hydroxylation is 1. The number of pyridine rings is 1. The number of nitrogens with one attached hydrogen (secondary N) is 1. The molecule has 0 bridgehead atoms. The van der Waals surface area contributed by atoms with Crippen molar-refractivity contribution < 1.29 is 0 Å². The van der Waals surface area contributed by atoms with Gasteiger partial charge in [0.2, 0.25) is 0 Å². The Labute approximate surface area is 104 Å². The van der Waals surface area contributed by atoms with E-state index in [1.54, 1.807) is 0 Å². The van der Waals surface area contributed by atoms with Crippen LogP contribution in [0.25, 0.3) is 10.9 Å². The second kappa shape index (κ2) is 4.83. The van der Waals surface area contributed by atoms with Gasteiger partial charge in [-0.05, 0) is 43.2 Å². The fourth-order valence-corrected chi connectivity index (χ4v) is 2.16. The van der Waals surface area contributed by atoms with Gasteiger partial charge >= 0.3 is 0 Å². The molecular weight excluding hydrogens is 264 g/mol. The Morgan fingerprint density at radius 3 is 2.75 bits per heavy atom. The normalized spacial score (nSPS) is 10.7. The van der Waals surface area contributed by atoms with Crippen molar-refractivity contribution in [1.29, 1.82) is 0 Å². The first-order chi connectivity index (χ1) is 7.74. The molecular formula is C13H15BrN2. The minimum absolute atomic E-state index is 0.905. The number of hydrogen-bond donors (Lipinski definition) is 1. The maximum atomic E-state index is 4.64. The van der Waals surface area contributed by atoms with E-state index in [9.17, 15) is 0 Å². The zero-order valence-corrected chi connectivity index (χ0v) is 11.1. The lowest BCUT2D eigenvalue weighted by Crippen LogP contribution is -2.03. The van der Waals surface area contributed by atoms with E-state index in [-0.39, 0.29) is 0 Å². The Balaban J connectivity index is 2.60. The SMILES string of the molecule is CCNc1nc2ccc(Br)cc2cc1CC. The van der Waals surface area contributed by atoms with E-state index in [1.807, 2.05) is 12.1 Å². The number of rotatable bonds is 3. The predicted molar refractivity (Wildman–Crippen MR) is 73.0 cm³/mol. The third-order valence-electron chi connectivity index (χ3n) is 2.58. The molecule has 0 saturated heterocycles. The van der Waals surface area contributed by atoms with E-state index < -0.39 is 0 Å². The smallest absolute Gasteiger partial charge is 0.129 e. The zero-order chi connectivity index (χ0) is 11.5. The fourth-order valence-electron chi connectivity index (χ4n) is 1.78. The summed E-state index contributed by atoms with van der Waals surface area (Å²) in [6, 6.07) is 8.39. The molecule has 16 heavy (non-hydrogen) atoms. The standard InChI is InChI=1S/C13H15BrN2/c1-3-9-7-10-8-11(14)5-6-12(10)16-13(9)15-4-2/h5-8H,3-4H2,1-2H3,(H,15,16). The summed E-state index contributed by atoms with van der Waals surface area (Å²) < 4.78 is 1.10. The first-order valence-corrected chi connectivity index (χ1v) is 6.37. The third kappa shape index (κ3) is 2.19. The van der Waals surface area contributed by atoms with Crippen molar-refractivity contribution in [1.82, 2.24) is 4.98 Å². The van der Waals surface area contributed by atoms with Gasteiger partial charge in [0, 0.05) is 16.4 Å². The summed E-state index contributed by atoms with van der Waals surface area (Å²) >= 11 is 3.48. The highest BCUT2D eigenvalue weighted by atomic mass is 79.9. The summed E-state index contributed by atoms with van der Waals surface area (Å²) in [5.74, 6) is 1.01. The van der Waals surface area contributed by atoms with Crippen molar-refractivity contribution in [2.24, 2.45) is 0 Å². The number of aromatic nitrogens is 1. The third-order valence-corrected chi connectivity index (χ3v) is 3.07. The molecule has 1 heterocycles. The topological polar surface area (TPSA) is 24.9 Å². The predicted octanol–water partition coefficient (Wildman–Crippen LogP) is 3.99. The quantitative estimate of drug-likeness (QED) is 0.918. The summed E-state index contributed by atoms with van der Waals surface area (Å²) in [5.41, 5.74) is 2.31. The number of nitrogens with zero attached hydrogens (tertiary/aromatic N) is 1. The minimum atomic E-state index is 0.905. The average Bonchev–Trinajstić information content (AvgIpc) is 2.29. The first-order valence-electron chi connectivity index (χ1n) is 5.57. The van der Waals surface area contributed by atoms with E-state index in [2.05, 4.69) is 52.2 Å². The summed E-state index contributed by atoms with van der Waals surface area (Å²) in [4.78, 5) is 4.64. The van der Waals surface area contributed by atoms with Crippen LogP contribution in [-0.4, -0.2) is 11.5 Å². The van der Waals surface area contributed by atoms with Gasteiger partial charge in [0.15, 0.2) is 0 Å². The Kier molecular flexibility index (Phi) is 3.44. The van der Waals surface area contributed by atoms with Gasteiger partial charge in [-0.2, -0.15) is 0 Å². The van der Waals surface area contributed by atoms with E-state index in [4.69, 9.17) is 0 Å². The molecule has 84 valence electrons. The Morgan fingerprint density at radius 1 is 1.25 bits per heavy atom. The summed E-state index contributed by atoms with van der Waals surface area (Å²) in [6.45, 7) is 5.15. The van der Waals surface area contributed by atoms with Crippen molar-refractivity contribution in [2.75, 3.05) is 11.9 Å². The molecule has 1 aromatic carbocycles. The molecule has 0 atom stereocenters. The van der Waals surface area contributed by atoms with Crippen molar-refractivity contribution in [3.63, 3.8) is 0 Å². The molecule has 1 N–H and O–H groups in total. The van der Waals surface area contributed by atoms with Crippen LogP contribution in [0.2, 0.25) is 0 Å². The first kappa shape index (κ1) is 11.4. The average molecular weight is 279 g/mol. The Morgan fingerprint density at radius 2 is 2.06 bits per heavy atom. The van der Waals surface area contributed by atoms with Gasteiger partial charge < -0.3 is 5.32 Å². The van der Waals surface area contributed by atoms with Crippen LogP contribution < -0.4 is 5.32 Å². The molecule has 0 amide bonds. The molecule has 0 radical (unpaired) electrons. The maximum Gasteiger partial charge on any atom is 0.129 e. The summed E-state index contributed by atoms with van der Waals surface area (Å²) in [6.07, 6.45) is 0.998. The summed E-state index contributed by atoms with van der Waals surface area (Å²) in [5, 5.41) is 4.50. The van der Waals surface area contributed by atoms with E-state index in [1.165, 1.54) is 10.9 Å². The molecule has 0 aliphatic carbocycles. The minimum Gasteiger partial charge on any atom is -0.370 e. The number of anilines is 1. The molecule has 0 spiro atoms. The van der Waals surface area contributed by atoms with Crippen LogP contribution in [0, 0.1) is 0 Å². The van der Waals surface area contributed by atoms with Crippen LogP contribution in [-0.2, 0) is 6.42 Å². The molecule has 1 aromatic heterocycles. The van der Waals surface area contributed by atoms with Crippen LogP contribution in [0.15, 0.2) is 28.7 Å². The fraction of sp³-hybridized carbons (Fsp3) is 0.308. The van der Waals surface area contributed by atoms with Gasteiger partial charge in [-0.25, -0.2) is 4.98 Å². The second-order valence-electron chi connectivity index (χ2n) is 3.72. The molecule has 2 rings (SSSR count). The summed E-state index contributed by atoms with van der Waals surface area (Å²) in [7, 11) is 0. The lowest BCUT2D eigenvalue weighted by atomic mass is 10.1. The largest absolute Gasteiger partial charge is 0.370 e. The number of halogens is 1. The number of benzene rings is 1. The zero-order valence-electron chi connectivity index (χ0n) is 9.55. The highest BCUT2D eigenvalue weighted by molar-refractivity contribution is 9.10. The molecule has 0 fully saturated rings. The van der Waals surface area contributed by atoms with Gasteiger partial charge in [-0.3, -0.25) is 0 Å². The second-order valence-corrected chi connectivity index (χ2v) is 4.63. The lowest BCUT2D eigenvalue weighted by molar-refractivity contribution is 1.08. The molecule has 0 aliphatic heterocycles. The highest BCUT2D eigenvalue weighted by Crippen LogP contribution is 2.23. The van der Waals surface area contributed by atoms with Crippen molar-refractivity contribution in [3.8, 4) is 0 Å². The van der Waals surface area contributed by atoms with E-state index >= 15 is 0 Å². The van der Waals surface area contributed by atoms with Crippen molar-refractivity contribution in [3.05, 3.63) is 34.3 Å². The molecule has 0 aliphatic rings. The van der Waals surface area contributed by atoms with Gasteiger partial charge in [-0.1, -0.05) is 22.9 Å².